The maximum atomic E-state index is 12.7. The fourth-order valence-corrected chi connectivity index (χ4v) is 9.12. The lowest BCUT2D eigenvalue weighted by molar-refractivity contribution is -0.167. The second kappa shape index (κ2) is 57.5. The normalized spacial score (nSPS) is 12.1. The molecular weight excluding hydrogens is 841 g/mol. The number of esters is 3. The molecule has 0 fully saturated rings. The van der Waals surface area contributed by atoms with Gasteiger partial charge in [0.15, 0.2) is 6.10 Å². The third kappa shape index (κ3) is 54.8. The summed E-state index contributed by atoms with van der Waals surface area (Å²) in [6.07, 6.45) is 68.2. The van der Waals surface area contributed by atoms with E-state index in [0.29, 0.717) is 19.3 Å². The third-order valence-corrected chi connectivity index (χ3v) is 13.7. The molecule has 0 aliphatic rings. The van der Waals surface area contributed by atoms with Crippen LogP contribution in [0.15, 0.2) is 24.3 Å². The molecule has 0 aromatic rings. The maximum absolute atomic E-state index is 12.7. The molecule has 0 aromatic heterocycles. The van der Waals surface area contributed by atoms with E-state index >= 15 is 0 Å². The molecule has 68 heavy (non-hydrogen) atoms. The van der Waals surface area contributed by atoms with Gasteiger partial charge in [-0.3, -0.25) is 14.4 Å². The van der Waals surface area contributed by atoms with E-state index in [0.717, 1.165) is 89.9 Å². The van der Waals surface area contributed by atoms with Crippen molar-refractivity contribution in [1.29, 1.82) is 0 Å². The highest BCUT2D eigenvalue weighted by atomic mass is 16.6. The molecular formula is C62H116O6. The lowest BCUT2D eigenvalue weighted by Gasteiger charge is -2.18. The van der Waals surface area contributed by atoms with Crippen molar-refractivity contribution >= 4 is 17.9 Å². The first-order valence-corrected chi connectivity index (χ1v) is 30.3. The Balaban J connectivity index is 3.91. The Kier molecular flexibility index (Phi) is 55.7. The molecule has 0 saturated heterocycles. The van der Waals surface area contributed by atoms with E-state index in [-0.39, 0.29) is 31.1 Å². The molecule has 0 aliphatic carbocycles. The van der Waals surface area contributed by atoms with Crippen molar-refractivity contribution < 1.29 is 28.6 Å². The summed E-state index contributed by atoms with van der Waals surface area (Å²) < 4.78 is 16.7. The van der Waals surface area contributed by atoms with Gasteiger partial charge in [0.2, 0.25) is 0 Å². The Hall–Kier alpha value is -2.11. The Morgan fingerprint density at radius 3 is 0.838 bits per heavy atom. The smallest absolute Gasteiger partial charge is 0.306 e. The summed E-state index contributed by atoms with van der Waals surface area (Å²) in [4.78, 5) is 37.8. The molecule has 0 rings (SSSR count). The minimum Gasteiger partial charge on any atom is -0.462 e. The Morgan fingerprint density at radius 1 is 0.294 bits per heavy atom. The van der Waals surface area contributed by atoms with Crippen LogP contribution < -0.4 is 0 Å². The molecule has 6 nitrogen and oxygen atoms in total. The molecule has 0 amide bonds. The zero-order valence-corrected chi connectivity index (χ0v) is 45.9. The van der Waals surface area contributed by atoms with Crippen molar-refractivity contribution in [2.75, 3.05) is 13.2 Å². The van der Waals surface area contributed by atoms with Crippen molar-refractivity contribution in [2.45, 2.75) is 341 Å². The highest BCUT2D eigenvalue weighted by Crippen LogP contribution is 2.18. The molecule has 0 aromatic carbocycles. The Morgan fingerprint density at radius 2 is 0.529 bits per heavy atom. The molecule has 0 spiro atoms. The van der Waals surface area contributed by atoms with Crippen LogP contribution in [0.25, 0.3) is 0 Å². The first-order valence-electron chi connectivity index (χ1n) is 30.3. The molecule has 1 atom stereocenters. The number of carbonyl (C=O) groups is 3. The van der Waals surface area contributed by atoms with E-state index in [1.165, 1.54) is 205 Å². The number of allylic oxidation sites excluding steroid dienone is 4. The fraction of sp³-hybridized carbons (Fsp3) is 0.887. The number of carbonyl (C=O) groups excluding carboxylic acids is 3. The van der Waals surface area contributed by atoms with Gasteiger partial charge in [-0.1, -0.05) is 289 Å². The van der Waals surface area contributed by atoms with Crippen LogP contribution in [-0.2, 0) is 28.6 Å². The lowest BCUT2D eigenvalue weighted by atomic mass is 10.0. The van der Waals surface area contributed by atoms with E-state index in [4.69, 9.17) is 14.2 Å². The van der Waals surface area contributed by atoms with E-state index in [2.05, 4.69) is 45.1 Å². The standard InChI is InChI=1S/C62H116O6/c1-4-7-10-13-15-17-19-21-23-24-25-26-27-28-29-30-31-32-33-34-35-36-37-39-40-42-44-46-49-52-55-61(64)67-58-59(57-66-60(63)54-51-48-12-9-6-3)68-62(65)56-53-50-47-45-43-41-38-22-20-18-16-14-11-8-5-2/h16,18,22,38,59H,4-15,17,19-21,23-37,39-58H2,1-3H3/b18-16-,38-22-. The molecule has 0 radical (unpaired) electrons. The zero-order valence-electron chi connectivity index (χ0n) is 45.9. The van der Waals surface area contributed by atoms with Crippen molar-refractivity contribution in [1.82, 2.24) is 0 Å². The number of unbranched alkanes of at least 4 members (excludes halogenated alkanes) is 41. The monoisotopic (exact) mass is 957 g/mol. The van der Waals surface area contributed by atoms with Gasteiger partial charge in [0.25, 0.3) is 0 Å². The predicted octanol–water partition coefficient (Wildman–Crippen LogP) is 20.3. The SMILES string of the molecule is CCCCC/C=C\C/C=C\CCCCCCCC(=O)OC(COC(=O)CCCCCCC)COC(=O)CCCCCCCCCCCCCCCCCCCCCCCCCCCCCCCC. The van der Waals surface area contributed by atoms with Gasteiger partial charge >= 0.3 is 17.9 Å². The van der Waals surface area contributed by atoms with Crippen LogP contribution in [0.1, 0.15) is 335 Å². The van der Waals surface area contributed by atoms with Crippen molar-refractivity contribution in [2.24, 2.45) is 0 Å². The largest absolute Gasteiger partial charge is 0.462 e. The molecule has 400 valence electrons. The van der Waals surface area contributed by atoms with E-state index in [1.807, 2.05) is 0 Å². The Labute approximate surface area is 423 Å². The summed E-state index contributed by atoms with van der Waals surface area (Å²) in [5.74, 6) is -0.885. The molecule has 0 heterocycles. The summed E-state index contributed by atoms with van der Waals surface area (Å²) in [5, 5.41) is 0. The third-order valence-electron chi connectivity index (χ3n) is 13.7. The van der Waals surface area contributed by atoms with E-state index in [1.54, 1.807) is 0 Å². The van der Waals surface area contributed by atoms with Crippen LogP contribution in [0.5, 0.6) is 0 Å². The van der Waals surface area contributed by atoms with Gasteiger partial charge in [0.05, 0.1) is 0 Å². The van der Waals surface area contributed by atoms with Gasteiger partial charge < -0.3 is 14.2 Å². The predicted molar refractivity (Wildman–Crippen MR) is 293 cm³/mol. The van der Waals surface area contributed by atoms with Gasteiger partial charge in [-0.05, 0) is 51.4 Å². The fourth-order valence-electron chi connectivity index (χ4n) is 9.12. The highest BCUT2D eigenvalue weighted by Gasteiger charge is 2.19. The highest BCUT2D eigenvalue weighted by molar-refractivity contribution is 5.71. The maximum Gasteiger partial charge on any atom is 0.306 e. The summed E-state index contributed by atoms with van der Waals surface area (Å²) in [6, 6.07) is 0. The minimum atomic E-state index is -0.771. The lowest BCUT2D eigenvalue weighted by Crippen LogP contribution is -2.30. The van der Waals surface area contributed by atoms with Crippen LogP contribution >= 0.6 is 0 Å². The average Bonchev–Trinajstić information content (AvgIpc) is 3.34. The van der Waals surface area contributed by atoms with Crippen molar-refractivity contribution in [3.63, 3.8) is 0 Å². The number of hydrogen-bond donors (Lipinski definition) is 0. The molecule has 0 bridgehead atoms. The van der Waals surface area contributed by atoms with E-state index in [9.17, 15) is 14.4 Å². The van der Waals surface area contributed by atoms with Gasteiger partial charge in [0.1, 0.15) is 13.2 Å². The average molecular weight is 958 g/mol. The van der Waals surface area contributed by atoms with Gasteiger partial charge in [-0.15, -0.1) is 0 Å². The quantitative estimate of drug-likeness (QED) is 0.0262. The summed E-state index contributed by atoms with van der Waals surface area (Å²) >= 11 is 0. The number of hydrogen-bond acceptors (Lipinski definition) is 6. The summed E-state index contributed by atoms with van der Waals surface area (Å²) in [6.45, 7) is 6.56. The van der Waals surface area contributed by atoms with Crippen LogP contribution in [0.4, 0.5) is 0 Å². The first kappa shape index (κ1) is 65.9. The number of rotatable bonds is 56. The van der Waals surface area contributed by atoms with Crippen molar-refractivity contribution in [3.8, 4) is 0 Å². The molecule has 0 N–H and O–H groups in total. The molecule has 0 aliphatic heterocycles. The second-order valence-corrected chi connectivity index (χ2v) is 20.6. The van der Waals surface area contributed by atoms with E-state index < -0.39 is 6.10 Å². The number of ether oxygens (including phenoxy) is 3. The van der Waals surface area contributed by atoms with Gasteiger partial charge in [0, 0.05) is 19.3 Å². The first-order chi connectivity index (χ1) is 33.5. The van der Waals surface area contributed by atoms with Crippen LogP contribution in [0.2, 0.25) is 0 Å². The second-order valence-electron chi connectivity index (χ2n) is 20.6. The zero-order chi connectivity index (χ0) is 49.3. The van der Waals surface area contributed by atoms with Crippen LogP contribution in [0, 0.1) is 0 Å². The topological polar surface area (TPSA) is 78.9 Å². The van der Waals surface area contributed by atoms with Gasteiger partial charge in [-0.2, -0.15) is 0 Å². The van der Waals surface area contributed by atoms with Crippen LogP contribution in [-0.4, -0.2) is 37.2 Å². The Bertz CT molecular complexity index is 1100. The summed E-state index contributed by atoms with van der Waals surface area (Å²) in [5.41, 5.74) is 0. The molecule has 6 heteroatoms. The molecule has 0 saturated carbocycles. The van der Waals surface area contributed by atoms with Gasteiger partial charge in [-0.25, -0.2) is 0 Å². The minimum absolute atomic E-state index is 0.0733. The molecule has 1 unspecified atom stereocenters. The van der Waals surface area contributed by atoms with Crippen molar-refractivity contribution in [3.05, 3.63) is 24.3 Å². The summed E-state index contributed by atoms with van der Waals surface area (Å²) in [7, 11) is 0. The van der Waals surface area contributed by atoms with Crippen LogP contribution in [0.3, 0.4) is 0 Å².